The van der Waals surface area contributed by atoms with Gasteiger partial charge in [-0.2, -0.15) is 0 Å². The lowest BCUT2D eigenvalue weighted by atomic mass is 9.94. The van der Waals surface area contributed by atoms with Gasteiger partial charge >= 0.3 is 0 Å². The Morgan fingerprint density at radius 3 is 1.85 bits per heavy atom. The highest BCUT2D eigenvalue weighted by Crippen LogP contribution is 2.48. The van der Waals surface area contributed by atoms with Crippen LogP contribution < -0.4 is 0 Å². The largest absolute Gasteiger partial charge is 0.0651 e. The molecule has 0 saturated heterocycles. The van der Waals surface area contributed by atoms with E-state index in [1.165, 1.54) is 64.2 Å². The Balaban J connectivity index is 1.86. The average molecular weight is 281 g/mol. The summed E-state index contributed by atoms with van der Waals surface area (Å²) in [5.41, 5.74) is 0. The normalized spacial score (nSPS) is 24.9. The molecule has 0 aromatic heterocycles. The summed E-state index contributed by atoms with van der Waals surface area (Å²) in [7, 11) is 0. The van der Waals surface area contributed by atoms with Gasteiger partial charge in [0.25, 0.3) is 0 Å². The number of unbranched alkanes of at least 4 members (excludes halogenated alkanes) is 4. The molecule has 0 N–H and O–H groups in total. The molecule has 20 heavy (non-hydrogen) atoms. The summed E-state index contributed by atoms with van der Waals surface area (Å²) >= 11 is 0. The van der Waals surface area contributed by atoms with E-state index in [0.717, 1.165) is 29.6 Å². The van der Waals surface area contributed by atoms with E-state index in [9.17, 15) is 0 Å². The quantitative estimate of drug-likeness (QED) is 0.335. The van der Waals surface area contributed by atoms with Crippen molar-refractivity contribution in [2.75, 3.05) is 0 Å². The number of rotatable bonds is 12. The summed E-state index contributed by atoms with van der Waals surface area (Å²) in [4.78, 5) is 0. The van der Waals surface area contributed by atoms with Crippen molar-refractivity contribution in [3.05, 3.63) is 0 Å². The van der Waals surface area contributed by atoms with Crippen molar-refractivity contribution in [1.29, 1.82) is 0 Å². The molecule has 1 fully saturated rings. The summed E-state index contributed by atoms with van der Waals surface area (Å²) in [5, 5.41) is 0. The third-order valence-electron chi connectivity index (χ3n) is 5.63. The van der Waals surface area contributed by atoms with Crippen LogP contribution in [0.2, 0.25) is 0 Å². The first-order valence-corrected chi connectivity index (χ1v) is 9.54. The minimum absolute atomic E-state index is 0.928. The van der Waals surface area contributed by atoms with Gasteiger partial charge in [-0.1, -0.05) is 86.0 Å². The summed E-state index contributed by atoms with van der Waals surface area (Å²) in [5.74, 6) is 5.00. The second-order valence-electron chi connectivity index (χ2n) is 8.10. The minimum Gasteiger partial charge on any atom is -0.0651 e. The van der Waals surface area contributed by atoms with Gasteiger partial charge in [0.05, 0.1) is 0 Å². The zero-order chi connectivity index (χ0) is 15.0. The highest BCUT2D eigenvalue weighted by atomic mass is 14.4. The van der Waals surface area contributed by atoms with Crippen molar-refractivity contribution in [3.8, 4) is 0 Å². The summed E-state index contributed by atoms with van der Waals surface area (Å²) < 4.78 is 0. The molecular formula is C20H40. The predicted molar refractivity (Wildman–Crippen MR) is 92.0 cm³/mol. The zero-order valence-corrected chi connectivity index (χ0v) is 15.0. The number of hydrogen-bond donors (Lipinski definition) is 0. The van der Waals surface area contributed by atoms with E-state index in [4.69, 9.17) is 0 Å². The molecule has 1 saturated carbocycles. The van der Waals surface area contributed by atoms with Crippen LogP contribution in [-0.4, -0.2) is 0 Å². The maximum Gasteiger partial charge on any atom is -0.0360 e. The van der Waals surface area contributed by atoms with Gasteiger partial charge in [-0.05, 0) is 42.4 Å². The maximum atomic E-state index is 2.48. The molecule has 120 valence electrons. The van der Waals surface area contributed by atoms with Crippen molar-refractivity contribution < 1.29 is 0 Å². The Kier molecular flexibility index (Phi) is 8.89. The van der Waals surface area contributed by atoms with E-state index in [1.54, 1.807) is 0 Å². The molecule has 0 heterocycles. The van der Waals surface area contributed by atoms with E-state index >= 15 is 0 Å². The molecule has 0 spiro atoms. The third-order valence-corrected chi connectivity index (χ3v) is 5.63. The molecule has 1 aliphatic carbocycles. The molecular weight excluding hydrogens is 240 g/mol. The van der Waals surface area contributed by atoms with Crippen LogP contribution in [-0.2, 0) is 0 Å². The molecule has 0 amide bonds. The smallest absolute Gasteiger partial charge is 0.0360 e. The fourth-order valence-corrected chi connectivity index (χ4v) is 3.71. The topological polar surface area (TPSA) is 0 Å². The van der Waals surface area contributed by atoms with Crippen LogP contribution in [0.3, 0.4) is 0 Å². The Morgan fingerprint density at radius 2 is 1.35 bits per heavy atom. The highest BCUT2D eigenvalue weighted by molar-refractivity contribution is 4.88. The molecule has 4 unspecified atom stereocenters. The van der Waals surface area contributed by atoms with Gasteiger partial charge in [-0.15, -0.1) is 0 Å². The van der Waals surface area contributed by atoms with Crippen LogP contribution in [0.25, 0.3) is 0 Å². The fraction of sp³-hybridized carbons (Fsp3) is 1.00. The Bertz CT molecular complexity index is 230. The lowest BCUT2D eigenvalue weighted by Crippen LogP contribution is -2.00. The lowest BCUT2D eigenvalue weighted by molar-refractivity contribution is 0.401. The van der Waals surface area contributed by atoms with Gasteiger partial charge in [-0.25, -0.2) is 0 Å². The van der Waals surface area contributed by atoms with E-state index in [2.05, 4.69) is 34.6 Å². The summed E-state index contributed by atoms with van der Waals surface area (Å²) in [6.45, 7) is 12.0. The molecule has 0 aliphatic heterocycles. The van der Waals surface area contributed by atoms with Crippen LogP contribution >= 0.6 is 0 Å². The highest BCUT2D eigenvalue weighted by Gasteiger charge is 2.39. The van der Waals surface area contributed by atoms with Crippen molar-refractivity contribution in [2.45, 2.75) is 98.8 Å². The summed E-state index contributed by atoms with van der Waals surface area (Å²) in [6.07, 6.45) is 14.7. The zero-order valence-electron chi connectivity index (χ0n) is 15.0. The lowest BCUT2D eigenvalue weighted by Gasteiger charge is -2.12. The molecule has 0 aromatic rings. The predicted octanol–water partition coefficient (Wildman–Crippen LogP) is 7.08. The van der Waals surface area contributed by atoms with E-state index < -0.39 is 0 Å². The molecule has 1 aliphatic rings. The second-order valence-corrected chi connectivity index (χ2v) is 8.10. The van der Waals surface area contributed by atoms with Crippen LogP contribution in [0.1, 0.15) is 98.8 Å². The van der Waals surface area contributed by atoms with E-state index in [1.807, 2.05) is 0 Å². The molecule has 1 rings (SSSR count). The van der Waals surface area contributed by atoms with E-state index in [0.29, 0.717) is 0 Å². The Hall–Kier alpha value is 0. The maximum absolute atomic E-state index is 2.48. The van der Waals surface area contributed by atoms with Crippen LogP contribution in [0.5, 0.6) is 0 Å². The van der Waals surface area contributed by atoms with Crippen LogP contribution in [0.4, 0.5) is 0 Å². The molecule has 0 aromatic carbocycles. The van der Waals surface area contributed by atoms with E-state index in [-0.39, 0.29) is 0 Å². The first kappa shape index (κ1) is 18.1. The van der Waals surface area contributed by atoms with Crippen molar-refractivity contribution in [1.82, 2.24) is 0 Å². The second kappa shape index (κ2) is 9.85. The first-order valence-electron chi connectivity index (χ1n) is 9.54. The fourth-order valence-electron chi connectivity index (χ4n) is 3.71. The van der Waals surface area contributed by atoms with Crippen molar-refractivity contribution in [2.24, 2.45) is 29.6 Å². The van der Waals surface area contributed by atoms with Gasteiger partial charge in [-0.3, -0.25) is 0 Å². The van der Waals surface area contributed by atoms with Gasteiger partial charge < -0.3 is 0 Å². The Morgan fingerprint density at radius 1 is 0.800 bits per heavy atom. The van der Waals surface area contributed by atoms with Crippen molar-refractivity contribution >= 4 is 0 Å². The SMILES string of the molecule is CCC(C)CCCCCCCC(C)CC1CC1C(C)C. The third kappa shape index (κ3) is 7.70. The minimum atomic E-state index is 0.928. The molecule has 0 heteroatoms. The first-order chi connectivity index (χ1) is 9.54. The average Bonchev–Trinajstić information content (AvgIpc) is 3.16. The van der Waals surface area contributed by atoms with Crippen molar-refractivity contribution in [3.63, 3.8) is 0 Å². The Labute approximate surface area is 129 Å². The van der Waals surface area contributed by atoms with Gasteiger partial charge in [0.1, 0.15) is 0 Å². The molecule has 0 bridgehead atoms. The van der Waals surface area contributed by atoms with Gasteiger partial charge in [0.15, 0.2) is 0 Å². The standard InChI is InChI=1S/C20H40/c1-6-17(4)12-10-8-7-9-11-13-18(5)14-19-15-20(19)16(2)3/h16-20H,6-15H2,1-5H3. The molecule has 0 radical (unpaired) electrons. The monoisotopic (exact) mass is 280 g/mol. The van der Waals surface area contributed by atoms with Gasteiger partial charge in [0, 0.05) is 0 Å². The van der Waals surface area contributed by atoms with Crippen LogP contribution in [0.15, 0.2) is 0 Å². The van der Waals surface area contributed by atoms with Gasteiger partial charge in [0.2, 0.25) is 0 Å². The molecule has 0 nitrogen and oxygen atoms in total. The summed E-state index contributed by atoms with van der Waals surface area (Å²) in [6, 6.07) is 0. The molecule has 4 atom stereocenters. The van der Waals surface area contributed by atoms with Crippen LogP contribution in [0, 0.1) is 29.6 Å². The number of hydrogen-bond acceptors (Lipinski definition) is 0.